The van der Waals surface area contributed by atoms with Gasteiger partial charge in [0.1, 0.15) is 5.82 Å². The minimum Gasteiger partial charge on any atom is -0.395 e. The second-order valence-corrected chi connectivity index (χ2v) is 4.16. The zero-order chi connectivity index (χ0) is 14.5. The number of aliphatic hydroxyl groups is 1. The summed E-state index contributed by atoms with van der Waals surface area (Å²) < 4.78 is 18.6. The van der Waals surface area contributed by atoms with Gasteiger partial charge in [-0.3, -0.25) is 4.79 Å². The lowest BCUT2D eigenvalue weighted by atomic mass is 10.1. The molecule has 106 valence electrons. The number of likely N-dealkylation sites (N-methyl/N-ethyl adjacent to an activating group) is 1. The molecule has 0 atom stereocenters. The molecule has 0 fully saturated rings. The third-order valence-corrected chi connectivity index (χ3v) is 2.91. The summed E-state index contributed by atoms with van der Waals surface area (Å²) in [6.07, 6.45) is 0. The van der Waals surface area contributed by atoms with Crippen LogP contribution in [0.5, 0.6) is 0 Å². The van der Waals surface area contributed by atoms with Gasteiger partial charge in [-0.1, -0.05) is 17.3 Å². The number of carbonyl (C=O) groups is 1. The summed E-state index contributed by atoms with van der Waals surface area (Å²) in [7, 11) is 0. The number of halogens is 1. The maximum atomic E-state index is 13.6. The van der Waals surface area contributed by atoms with E-state index >= 15 is 0 Å². The van der Waals surface area contributed by atoms with E-state index in [1.54, 1.807) is 25.1 Å². The van der Waals surface area contributed by atoms with Gasteiger partial charge < -0.3 is 14.5 Å². The van der Waals surface area contributed by atoms with Gasteiger partial charge in [0, 0.05) is 19.2 Å². The number of benzene rings is 1. The third kappa shape index (κ3) is 2.85. The van der Waals surface area contributed by atoms with Crippen LogP contribution >= 0.6 is 0 Å². The molecule has 5 nitrogen and oxygen atoms in total. The predicted molar refractivity (Wildman–Crippen MR) is 70.6 cm³/mol. The van der Waals surface area contributed by atoms with Crippen LogP contribution < -0.4 is 0 Å². The first-order chi connectivity index (χ1) is 9.67. The first kappa shape index (κ1) is 14.2. The first-order valence-electron chi connectivity index (χ1n) is 6.29. The van der Waals surface area contributed by atoms with Crippen LogP contribution in [0.25, 0.3) is 11.3 Å². The number of hydrogen-bond donors (Lipinski definition) is 1. The van der Waals surface area contributed by atoms with Gasteiger partial charge in [0.05, 0.1) is 12.2 Å². The quantitative estimate of drug-likeness (QED) is 0.907. The molecule has 0 saturated heterocycles. The van der Waals surface area contributed by atoms with E-state index in [-0.39, 0.29) is 36.1 Å². The Morgan fingerprint density at radius 2 is 2.20 bits per heavy atom. The summed E-state index contributed by atoms with van der Waals surface area (Å²) >= 11 is 0. The molecule has 2 aromatic rings. The largest absolute Gasteiger partial charge is 0.395 e. The smallest absolute Gasteiger partial charge is 0.276 e. The number of amides is 1. The van der Waals surface area contributed by atoms with Crippen molar-refractivity contribution in [2.45, 2.75) is 6.92 Å². The number of rotatable bonds is 5. The Morgan fingerprint density at radius 3 is 2.85 bits per heavy atom. The molecule has 0 saturated carbocycles. The first-order valence-corrected chi connectivity index (χ1v) is 6.29. The fraction of sp³-hybridized carbons (Fsp3) is 0.286. The van der Waals surface area contributed by atoms with Crippen LogP contribution in [0.15, 0.2) is 34.9 Å². The van der Waals surface area contributed by atoms with Crippen LogP contribution in [0.1, 0.15) is 17.4 Å². The molecule has 1 aromatic carbocycles. The average molecular weight is 278 g/mol. The van der Waals surface area contributed by atoms with Gasteiger partial charge in [-0.15, -0.1) is 0 Å². The minimum atomic E-state index is -0.439. The molecule has 0 aliphatic carbocycles. The number of aromatic nitrogens is 1. The minimum absolute atomic E-state index is 0.0959. The molecule has 0 spiro atoms. The van der Waals surface area contributed by atoms with Gasteiger partial charge >= 0.3 is 0 Å². The number of hydrogen-bond acceptors (Lipinski definition) is 4. The van der Waals surface area contributed by atoms with Crippen molar-refractivity contribution in [3.05, 3.63) is 41.8 Å². The Hall–Kier alpha value is -2.21. The van der Waals surface area contributed by atoms with Gasteiger partial charge in [-0.2, -0.15) is 0 Å². The van der Waals surface area contributed by atoms with Crippen LogP contribution in [0.3, 0.4) is 0 Å². The van der Waals surface area contributed by atoms with Crippen LogP contribution in [-0.2, 0) is 0 Å². The van der Waals surface area contributed by atoms with Crippen molar-refractivity contribution in [1.29, 1.82) is 0 Å². The molecule has 1 aromatic heterocycles. The van der Waals surface area contributed by atoms with Crippen LogP contribution in [0.4, 0.5) is 4.39 Å². The summed E-state index contributed by atoms with van der Waals surface area (Å²) in [6.45, 7) is 2.33. The van der Waals surface area contributed by atoms with Crippen molar-refractivity contribution in [3.8, 4) is 11.3 Å². The third-order valence-electron chi connectivity index (χ3n) is 2.91. The number of carbonyl (C=O) groups excluding carboxylic acids is 1. The molecular formula is C14H15FN2O3. The molecular weight excluding hydrogens is 263 g/mol. The summed E-state index contributed by atoms with van der Waals surface area (Å²) in [5, 5.41) is 12.6. The molecule has 1 heterocycles. The lowest BCUT2D eigenvalue weighted by molar-refractivity contribution is 0.0721. The van der Waals surface area contributed by atoms with Crippen molar-refractivity contribution in [1.82, 2.24) is 10.1 Å². The molecule has 0 unspecified atom stereocenters. The standard InChI is InChI=1S/C14H15FN2O3/c1-2-17(7-8-18)14(19)12-9-13(20-16-12)10-5-3-4-6-11(10)15/h3-6,9,18H,2,7-8H2,1H3. The normalized spacial score (nSPS) is 10.6. The van der Waals surface area contributed by atoms with Gasteiger partial charge in [0.25, 0.3) is 5.91 Å². The molecule has 0 aliphatic heterocycles. The maximum Gasteiger partial charge on any atom is 0.276 e. The second-order valence-electron chi connectivity index (χ2n) is 4.16. The highest BCUT2D eigenvalue weighted by Gasteiger charge is 2.19. The van der Waals surface area contributed by atoms with E-state index in [0.29, 0.717) is 6.54 Å². The molecule has 0 radical (unpaired) electrons. The molecule has 1 amide bonds. The summed E-state index contributed by atoms with van der Waals surface area (Å²) in [4.78, 5) is 13.5. The fourth-order valence-electron chi connectivity index (χ4n) is 1.85. The maximum absolute atomic E-state index is 13.6. The molecule has 0 aliphatic rings. The van der Waals surface area contributed by atoms with Crippen molar-refractivity contribution in [2.75, 3.05) is 19.7 Å². The Morgan fingerprint density at radius 1 is 1.45 bits per heavy atom. The lowest BCUT2D eigenvalue weighted by Crippen LogP contribution is -2.33. The fourth-order valence-corrected chi connectivity index (χ4v) is 1.85. The van der Waals surface area contributed by atoms with Crippen molar-refractivity contribution in [2.24, 2.45) is 0 Å². The summed E-state index contributed by atoms with van der Waals surface area (Å²) in [5.74, 6) is -0.593. The molecule has 6 heteroatoms. The van der Waals surface area contributed by atoms with Crippen molar-refractivity contribution >= 4 is 5.91 Å². The zero-order valence-corrected chi connectivity index (χ0v) is 11.0. The lowest BCUT2D eigenvalue weighted by Gasteiger charge is -2.17. The number of nitrogens with zero attached hydrogens (tertiary/aromatic N) is 2. The molecule has 0 bridgehead atoms. The summed E-state index contributed by atoms with van der Waals surface area (Å²) in [6, 6.07) is 7.51. The topological polar surface area (TPSA) is 66.6 Å². The Labute approximate surface area is 115 Å². The molecule has 1 N–H and O–H groups in total. The Balaban J connectivity index is 2.25. The second kappa shape index (κ2) is 6.29. The summed E-state index contributed by atoms with van der Waals surface area (Å²) in [5.41, 5.74) is 0.350. The van der Waals surface area contributed by atoms with E-state index < -0.39 is 5.82 Å². The number of aliphatic hydroxyl groups excluding tert-OH is 1. The Bertz CT molecular complexity index is 598. The van der Waals surface area contributed by atoms with E-state index in [1.165, 1.54) is 17.0 Å². The average Bonchev–Trinajstić information content (AvgIpc) is 2.94. The highest BCUT2D eigenvalue weighted by atomic mass is 19.1. The van der Waals surface area contributed by atoms with Crippen molar-refractivity contribution < 1.29 is 18.8 Å². The monoisotopic (exact) mass is 278 g/mol. The van der Waals surface area contributed by atoms with E-state index in [1.807, 2.05) is 0 Å². The highest BCUT2D eigenvalue weighted by Crippen LogP contribution is 2.23. The van der Waals surface area contributed by atoms with E-state index in [9.17, 15) is 9.18 Å². The highest BCUT2D eigenvalue weighted by molar-refractivity contribution is 5.93. The van der Waals surface area contributed by atoms with E-state index in [0.717, 1.165) is 0 Å². The van der Waals surface area contributed by atoms with Gasteiger partial charge in [0.2, 0.25) is 0 Å². The van der Waals surface area contributed by atoms with Crippen molar-refractivity contribution in [3.63, 3.8) is 0 Å². The van der Waals surface area contributed by atoms with E-state index in [2.05, 4.69) is 5.16 Å². The van der Waals surface area contributed by atoms with Gasteiger partial charge in [-0.05, 0) is 19.1 Å². The molecule has 2 rings (SSSR count). The Kier molecular flexibility index (Phi) is 4.47. The van der Waals surface area contributed by atoms with Crippen LogP contribution in [0.2, 0.25) is 0 Å². The predicted octanol–water partition coefficient (Wildman–Crippen LogP) is 1.94. The van der Waals surface area contributed by atoms with E-state index in [4.69, 9.17) is 9.63 Å². The van der Waals surface area contributed by atoms with Gasteiger partial charge in [0.15, 0.2) is 11.5 Å². The van der Waals surface area contributed by atoms with Gasteiger partial charge in [-0.25, -0.2) is 4.39 Å². The van der Waals surface area contributed by atoms with Crippen LogP contribution in [-0.4, -0.2) is 40.8 Å². The van der Waals surface area contributed by atoms with Crippen LogP contribution in [0, 0.1) is 5.82 Å². The zero-order valence-electron chi connectivity index (χ0n) is 11.0. The SMILES string of the molecule is CCN(CCO)C(=O)c1cc(-c2ccccc2F)on1. The molecule has 20 heavy (non-hydrogen) atoms.